The number of anilines is 1. The summed E-state index contributed by atoms with van der Waals surface area (Å²) in [6, 6.07) is 2.48. The quantitative estimate of drug-likeness (QED) is 0.800. The van der Waals surface area contributed by atoms with Crippen molar-refractivity contribution >= 4 is 17.7 Å². The molecule has 21 heavy (non-hydrogen) atoms. The largest absolute Gasteiger partial charge is 0.480 e. The first-order valence-electron chi connectivity index (χ1n) is 6.90. The van der Waals surface area contributed by atoms with Crippen LogP contribution in [0.1, 0.15) is 37.5 Å². The highest BCUT2D eigenvalue weighted by atomic mass is 16.4. The molecule has 0 heterocycles. The molecule has 0 aliphatic rings. The van der Waals surface area contributed by atoms with E-state index in [1.165, 1.54) is 0 Å². The number of hydrogen-bond acceptors (Lipinski definition) is 2. The summed E-state index contributed by atoms with van der Waals surface area (Å²) in [5.74, 6) is -1.05. The molecular weight excluding hydrogens is 268 g/mol. The third-order valence-corrected chi connectivity index (χ3v) is 3.30. The molecule has 0 spiro atoms. The minimum absolute atomic E-state index is 0.507. The molecule has 5 nitrogen and oxygen atoms in total. The molecule has 1 aromatic carbocycles. The number of amides is 2. The molecule has 0 aliphatic heterocycles. The second-order valence-corrected chi connectivity index (χ2v) is 6.51. The van der Waals surface area contributed by atoms with Crippen LogP contribution in [0.5, 0.6) is 0 Å². The fourth-order valence-electron chi connectivity index (χ4n) is 2.31. The van der Waals surface area contributed by atoms with Gasteiger partial charge in [0.05, 0.1) is 0 Å². The fourth-order valence-corrected chi connectivity index (χ4v) is 2.31. The standard InChI is InChI=1S/C16H24N2O3/c1-9-7-10(2)12(11(3)8-9)17-15(21)18-13(14(19)20)16(4,5)6/h7-8,13H,1-6H3,(H,19,20)(H2,17,18,21)/t13-/m0/s1. The van der Waals surface area contributed by atoms with Crippen molar-refractivity contribution in [2.45, 2.75) is 47.6 Å². The van der Waals surface area contributed by atoms with Gasteiger partial charge < -0.3 is 15.7 Å². The van der Waals surface area contributed by atoms with Crippen LogP contribution in [0.25, 0.3) is 0 Å². The highest BCUT2D eigenvalue weighted by Gasteiger charge is 2.32. The number of carbonyl (C=O) groups excluding carboxylic acids is 1. The van der Waals surface area contributed by atoms with Crippen LogP contribution < -0.4 is 10.6 Å². The first kappa shape index (κ1) is 17.0. The molecule has 5 heteroatoms. The normalized spacial score (nSPS) is 12.7. The van der Waals surface area contributed by atoms with Crippen LogP contribution in [-0.4, -0.2) is 23.1 Å². The second kappa shape index (κ2) is 6.16. The molecule has 1 rings (SSSR count). The van der Waals surface area contributed by atoms with Gasteiger partial charge in [-0.25, -0.2) is 9.59 Å². The molecule has 0 unspecified atom stereocenters. The predicted molar refractivity (Wildman–Crippen MR) is 83.7 cm³/mol. The number of nitrogens with one attached hydrogen (secondary N) is 2. The van der Waals surface area contributed by atoms with Crippen molar-refractivity contribution in [1.82, 2.24) is 5.32 Å². The zero-order chi connectivity index (χ0) is 16.4. The van der Waals surface area contributed by atoms with E-state index in [1.54, 1.807) is 20.8 Å². The summed E-state index contributed by atoms with van der Waals surface area (Å²) in [4.78, 5) is 23.3. The molecule has 1 aromatic rings. The van der Waals surface area contributed by atoms with E-state index < -0.39 is 23.5 Å². The van der Waals surface area contributed by atoms with Crippen molar-refractivity contribution in [3.8, 4) is 0 Å². The van der Waals surface area contributed by atoms with Crippen LogP contribution in [0, 0.1) is 26.2 Å². The maximum Gasteiger partial charge on any atom is 0.326 e. The third-order valence-electron chi connectivity index (χ3n) is 3.30. The SMILES string of the molecule is Cc1cc(C)c(NC(=O)N[C@@H](C(=O)O)C(C)(C)C)c(C)c1. The second-order valence-electron chi connectivity index (χ2n) is 6.51. The Hall–Kier alpha value is -2.04. The van der Waals surface area contributed by atoms with Gasteiger partial charge in [-0.05, 0) is 37.3 Å². The summed E-state index contributed by atoms with van der Waals surface area (Å²) >= 11 is 0. The van der Waals surface area contributed by atoms with Crippen LogP contribution >= 0.6 is 0 Å². The van der Waals surface area contributed by atoms with Crippen LogP contribution in [-0.2, 0) is 4.79 Å². The number of carbonyl (C=O) groups is 2. The Bertz CT molecular complexity index is 536. The van der Waals surface area contributed by atoms with E-state index >= 15 is 0 Å². The lowest BCUT2D eigenvalue weighted by atomic mass is 9.87. The van der Waals surface area contributed by atoms with Crippen LogP contribution in [0.15, 0.2) is 12.1 Å². The zero-order valence-electron chi connectivity index (χ0n) is 13.5. The number of aliphatic carboxylic acids is 1. The molecule has 2 amide bonds. The molecule has 0 aliphatic carbocycles. The number of rotatable bonds is 3. The van der Waals surface area contributed by atoms with E-state index in [9.17, 15) is 14.7 Å². The minimum Gasteiger partial charge on any atom is -0.480 e. The number of hydrogen-bond donors (Lipinski definition) is 3. The monoisotopic (exact) mass is 292 g/mol. The topological polar surface area (TPSA) is 78.4 Å². The smallest absolute Gasteiger partial charge is 0.326 e. The maximum atomic E-state index is 12.1. The first-order valence-corrected chi connectivity index (χ1v) is 6.90. The van der Waals surface area contributed by atoms with E-state index in [0.717, 1.165) is 22.4 Å². The Kier molecular flexibility index (Phi) is 4.99. The van der Waals surface area contributed by atoms with E-state index in [1.807, 2.05) is 32.9 Å². The number of carboxylic acid groups (broad SMARTS) is 1. The van der Waals surface area contributed by atoms with Crippen LogP contribution in [0.2, 0.25) is 0 Å². The number of carboxylic acids is 1. The molecule has 0 radical (unpaired) electrons. The summed E-state index contributed by atoms with van der Waals surface area (Å²) < 4.78 is 0. The molecular formula is C16H24N2O3. The summed E-state index contributed by atoms with van der Waals surface area (Å²) in [5, 5.41) is 14.5. The molecule has 0 bridgehead atoms. The molecule has 0 fully saturated rings. The molecule has 0 saturated heterocycles. The van der Waals surface area contributed by atoms with Crippen molar-refractivity contribution in [1.29, 1.82) is 0 Å². The van der Waals surface area contributed by atoms with Gasteiger partial charge in [0.2, 0.25) is 0 Å². The average Bonchev–Trinajstić information content (AvgIpc) is 2.28. The highest BCUT2D eigenvalue weighted by molar-refractivity contribution is 5.93. The van der Waals surface area contributed by atoms with E-state index in [0.29, 0.717) is 0 Å². The van der Waals surface area contributed by atoms with Gasteiger partial charge in [0.25, 0.3) is 0 Å². The Morgan fingerprint density at radius 1 is 1.10 bits per heavy atom. The Morgan fingerprint density at radius 3 is 1.95 bits per heavy atom. The Balaban J connectivity index is 2.90. The van der Waals surface area contributed by atoms with Gasteiger partial charge in [0, 0.05) is 5.69 Å². The maximum absolute atomic E-state index is 12.1. The van der Waals surface area contributed by atoms with E-state index in [2.05, 4.69) is 10.6 Å². The number of aryl methyl sites for hydroxylation is 3. The Morgan fingerprint density at radius 2 is 1.57 bits per heavy atom. The lowest BCUT2D eigenvalue weighted by Gasteiger charge is -2.28. The Labute approximate surface area is 125 Å². The van der Waals surface area contributed by atoms with Crippen LogP contribution in [0.4, 0.5) is 10.5 Å². The predicted octanol–water partition coefficient (Wildman–Crippen LogP) is 3.23. The lowest BCUT2D eigenvalue weighted by Crippen LogP contribution is -2.50. The van der Waals surface area contributed by atoms with Gasteiger partial charge >= 0.3 is 12.0 Å². The number of benzene rings is 1. The van der Waals surface area contributed by atoms with Gasteiger partial charge in [0.1, 0.15) is 6.04 Å². The summed E-state index contributed by atoms with van der Waals surface area (Å²) in [6.45, 7) is 11.1. The summed E-state index contributed by atoms with van der Waals surface area (Å²) in [7, 11) is 0. The summed E-state index contributed by atoms with van der Waals surface area (Å²) in [5.41, 5.74) is 3.17. The van der Waals surface area contributed by atoms with Gasteiger partial charge in [-0.3, -0.25) is 0 Å². The average molecular weight is 292 g/mol. The van der Waals surface area contributed by atoms with Crippen molar-refractivity contribution in [2.75, 3.05) is 5.32 Å². The molecule has 0 saturated carbocycles. The van der Waals surface area contributed by atoms with Crippen molar-refractivity contribution in [3.05, 3.63) is 28.8 Å². The van der Waals surface area contributed by atoms with E-state index in [4.69, 9.17) is 0 Å². The zero-order valence-corrected chi connectivity index (χ0v) is 13.5. The third kappa shape index (κ3) is 4.48. The summed E-state index contributed by atoms with van der Waals surface area (Å²) in [6.07, 6.45) is 0. The molecule has 3 N–H and O–H groups in total. The first-order chi connectivity index (χ1) is 9.52. The van der Waals surface area contributed by atoms with Gasteiger partial charge in [0.15, 0.2) is 0 Å². The molecule has 0 aromatic heterocycles. The fraction of sp³-hybridized carbons (Fsp3) is 0.500. The highest BCUT2D eigenvalue weighted by Crippen LogP contribution is 2.23. The lowest BCUT2D eigenvalue weighted by molar-refractivity contribution is -0.141. The van der Waals surface area contributed by atoms with E-state index in [-0.39, 0.29) is 0 Å². The van der Waals surface area contributed by atoms with Gasteiger partial charge in [-0.15, -0.1) is 0 Å². The van der Waals surface area contributed by atoms with Crippen molar-refractivity contribution in [2.24, 2.45) is 5.41 Å². The van der Waals surface area contributed by atoms with Crippen LogP contribution in [0.3, 0.4) is 0 Å². The minimum atomic E-state index is -1.05. The van der Waals surface area contributed by atoms with Crippen molar-refractivity contribution in [3.63, 3.8) is 0 Å². The van der Waals surface area contributed by atoms with Gasteiger partial charge in [-0.1, -0.05) is 38.5 Å². The molecule has 1 atom stereocenters. The van der Waals surface area contributed by atoms with Crippen molar-refractivity contribution < 1.29 is 14.7 Å². The molecule has 116 valence electrons. The van der Waals surface area contributed by atoms with Gasteiger partial charge in [-0.2, -0.15) is 0 Å². The number of urea groups is 1.